The van der Waals surface area contributed by atoms with E-state index in [1.54, 1.807) is 11.8 Å². The number of nitrogens with zero attached hydrogens (tertiary/aromatic N) is 3. The zero-order valence-corrected chi connectivity index (χ0v) is 21.1. The summed E-state index contributed by atoms with van der Waals surface area (Å²) >= 11 is 0. The Morgan fingerprint density at radius 3 is 2.41 bits per heavy atom. The van der Waals surface area contributed by atoms with Gasteiger partial charge in [0, 0.05) is 38.3 Å². The third kappa shape index (κ3) is 5.96. The van der Waals surface area contributed by atoms with E-state index >= 15 is 0 Å². The highest BCUT2D eigenvalue weighted by molar-refractivity contribution is 7.89. The van der Waals surface area contributed by atoms with E-state index in [2.05, 4.69) is 0 Å². The van der Waals surface area contributed by atoms with Gasteiger partial charge in [-0.2, -0.15) is 4.31 Å². The van der Waals surface area contributed by atoms with Crippen LogP contribution in [0.25, 0.3) is 0 Å². The van der Waals surface area contributed by atoms with Crippen LogP contribution in [0.5, 0.6) is 0 Å². The molecule has 0 radical (unpaired) electrons. The number of amides is 2. The van der Waals surface area contributed by atoms with Crippen molar-refractivity contribution in [2.45, 2.75) is 56.9 Å². The molecule has 0 aromatic heterocycles. The highest BCUT2D eigenvalue weighted by Crippen LogP contribution is 2.25. The number of piperidine rings is 2. The zero-order chi connectivity index (χ0) is 24.9. The molecular formula is C24H35N3O6S. The van der Waals surface area contributed by atoms with Crippen LogP contribution < -0.4 is 0 Å². The quantitative estimate of drug-likeness (QED) is 0.539. The van der Waals surface area contributed by atoms with Crippen LogP contribution in [0, 0.1) is 5.92 Å². The van der Waals surface area contributed by atoms with Crippen LogP contribution in [0.2, 0.25) is 0 Å². The second-order valence-electron chi connectivity index (χ2n) is 9.08. The first kappa shape index (κ1) is 26.2. The van der Waals surface area contributed by atoms with Gasteiger partial charge >= 0.3 is 5.97 Å². The number of ether oxygens (including phenoxy) is 1. The third-order valence-electron chi connectivity index (χ3n) is 6.56. The highest BCUT2D eigenvalue weighted by atomic mass is 32.2. The molecule has 2 unspecified atom stereocenters. The molecule has 2 amide bonds. The standard InChI is InChI=1S/C24H35N3O6S/c1-4-33-24(30)20-9-7-14-26(16-20)22(28)17-25(3)23(29)19-10-12-21(13-11-19)34(31,32)27-15-6-5-8-18(27)2/h10-13,18,20H,4-9,14-17H2,1-3H3. The van der Waals surface area contributed by atoms with E-state index in [0.717, 1.165) is 19.3 Å². The fourth-order valence-corrected chi connectivity index (χ4v) is 6.28. The van der Waals surface area contributed by atoms with Crippen molar-refractivity contribution in [2.24, 2.45) is 5.92 Å². The first-order chi connectivity index (χ1) is 16.1. The number of hydrogen-bond donors (Lipinski definition) is 0. The summed E-state index contributed by atoms with van der Waals surface area (Å²) in [6, 6.07) is 5.84. The smallest absolute Gasteiger partial charge is 0.310 e. The minimum atomic E-state index is -3.61. The van der Waals surface area contributed by atoms with Crippen LogP contribution in [0.3, 0.4) is 0 Å². The summed E-state index contributed by atoms with van der Waals surface area (Å²) in [5.74, 6) is -1.24. The second kappa shape index (κ2) is 11.3. The molecule has 1 aromatic carbocycles. The Morgan fingerprint density at radius 1 is 1.06 bits per heavy atom. The molecule has 2 heterocycles. The summed E-state index contributed by atoms with van der Waals surface area (Å²) < 4.78 is 32.6. The molecule has 34 heavy (non-hydrogen) atoms. The third-order valence-corrected chi connectivity index (χ3v) is 8.59. The summed E-state index contributed by atoms with van der Waals surface area (Å²) in [6.07, 6.45) is 4.09. The molecule has 3 rings (SSSR count). The molecule has 10 heteroatoms. The van der Waals surface area contributed by atoms with Crippen molar-refractivity contribution in [3.8, 4) is 0 Å². The second-order valence-corrected chi connectivity index (χ2v) is 11.0. The monoisotopic (exact) mass is 493 g/mol. The molecule has 2 atom stereocenters. The Hall–Kier alpha value is -2.46. The fourth-order valence-electron chi connectivity index (χ4n) is 4.58. The normalized spacial score (nSPS) is 21.7. The highest BCUT2D eigenvalue weighted by Gasteiger charge is 2.32. The topological polar surface area (TPSA) is 104 Å². The Balaban J connectivity index is 1.61. The maximum absolute atomic E-state index is 13.0. The molecule has 0 spiro atoms. The Morgan fingerprint density at radius 2 is 1.76 bits per heavy atom. The number of rotatable bonds is 7. The summed E-state index contributed by atoms with van der Waals surface area (Å²) in [5, 5.41) is 0. The SMILES string of the molecule is CCOC(=O)C1CCCN(C(=O)CN(C)C(=O)c2ccc(S(=O)(=O)N3CCCCC3C)cc2)C1. The van der Waals surface area contributed by atoms with E-state index in [4.69, 9.17) is 4.74 Å². The van der Waals surface area contributed by atoms with E-state index in [0.29, 0.717) is 44.6 Å². The molecule has 0 N–H and O–H groups in total. The fraction of sp³-hybridized carbons (Fsp3) is 0.625. The molecule has 2 aliphatic rings. The van der Waals surface area contributed by atoms with Crippen LogP contribution in [0.4, 0.5) is 0 Å². The summed E-state index contributed by atoms with van der Waals surface area (Å²) in [4.78, 5) is 40.7. The predicted octanol–water partition coefficient (Wildman–Crippen LogP) is 2.12. The van der Waals surface area contributed by atoms with E-state index in [9.17, 15) is 22.8 Å². The molecule has 2 aliphatic heterocycles. The number of likely N-dealkylation sites (N-methyl/N-ethyl adjacent to an activating group) is 1. The van der Waals surface area contributed by atoms with Crippen LogP contribution in [-0.4, -0.2) is 86.2 Å². The van der Waals surface area contributed by atoms with Gasteiger partial charge < -0.3 is 14.5 Å². The van der Waals surface area contributed by atoms with Gasteiger partial charge in [-0.05, 0) is 63.8 Å². The minimum absolute atomic E-state index is 0.0459. The predicted molar refractivity (Wildman–Crippen MR) is 127 cm³/mol. The number of esters is 1. The van der Waals surface area contributed by atoms with Gasteiger partial charge in [-0.25, -0.2) is 8.42 Å². The molecule has 2 saturated heterocycles. The summed E-state index contributed by atoms with van der Waals surface area (Å²) in [6.45, 7) is 5.18. The van der Waals surface area contributed by atoms with Gasteiger partial charge in [0.1, 0.15) is 0 Å². The van der Waals surface area contributed by atoms with Crippen LogP contribution >= 0.6 is 0 Å². The van der Waals surface area contributed by atoms with E-state index in [1.165, 1.54) is 40.5 Å². The average molecular weight is 494 g/mol. The van der Waals surface area contributed by atoms with E-state index in [1.807, 2.05) is 6.92 Å². The van der Waals surface area contributed by atoms with Gasteiger partial charge in [0.2, 0.25) is 15.9 Å². The lowest BCUT2D eigenvalue weighted by molar-refractivity contribution is -0.151. The Bertz CT molecular complexity index is 994. The lowest BCUT2D eigenvalue weighted by atomic mass is 9.98. The number of carbonyl (C=O) groups is 3. The summed E-state index contributed by atoms with van der Waals surface area (Å²) in [7, 11) is -2.08. The van der Waals surface area contributed by atoms with Crippen molar-refractivity contribution in [3.63, 3.8) is 0 Å². The Labute approximate surface area is 202 Å². The van der Waals surface area contributed by atoms with Gasteiger partial charge in [-0.3, -0.25) is 14.4 Å². The number of sulfonamides is 1. The maximum Gasteiger partial charge on any atom is 0.310 e. The molecule has 188 valence electrons. The van der Waals surface area contributed by atoms with Crippen molar-refractivity contribution in [1.82, 2.24) is 14.1 Å². The van der Waals surface area contributed by atoms with Gasteiger partial charge in [0.05, 0.1) is 24.0 Å². The van der Waals surface area contributed by atoms with Gasteiger partial charge in [0.25, 0.3) is 5.91 Å². The van der Waals surface area contributed by atoms with Gasteiger partial charge in [-0.15, -0.1) is 0 Å². The van der Waals surface area contributed by atoms with Gasteiger partial charge in [-0.1, -0.05) is 6.42 Å². The van der Waals surface area contributed by atoms with Crippen LogP contribution in [-0.2, 0) is 24.3 Å². The Kier molecular flexibility index (Phi) is 8.70. The molecule has 9 nitrogen and oxygen atoms in total. The largest absolute Gasteiger partial charge is 0.466 e. The van der Waals surface area contributed by atoms with Crippen molar-refractivity contribution < 1.29 is 27.5 Å². The maximum atomic E-state index is 13.0. The van der Waals surface area contributed by atoms with Crippen molar-refractivity contribution in [2.75, 3.05) is 39.8 Å². The van der Waals surface area contributed by atoms with Crippen molar-refractivity contribution in [1.29, 1.82) is 0 Å². The lowest BCUT2D eigenvalue weighted by Crippen LogP contribution is -2.47. The molecule has 2 fully saturated rings. The average Bonchev–Trinajstić information content (AvgIpc) is 2.84. The van der Waals surface area contributed by atoms with Crippen LogP contribution in [0.15, 0.2) is 29.2 Å². The van der Waals surface area contributed by atoms with Crippen LogP contribution in [0.1, 0.15) is 56.3 Å². The molecule has 0 aliphatic carbocycles. The molecule has 0 bridgehead atoms. The number of carbonyl (C=O) groups excluding carboxylic acids is 3. The number of likely N-dealkylation sites (tertiary alicyclic amines) is 1. The molecule has 1 aromatic rings. The van der Waals surface area contributed by atoms with Gasteiger partial charge in [0.15, 0.2) is 0 Å². The van der Waals surface area contributed by atoms with E-state index in [-0.39, 0.29) is 41.2 Å². The number of hydrogen-bond acceptors (Lipinski definition) is 6. The minimum Gasteiger partial charge on any atom is -0.466 e. The molecular weight excluding hydrogens is 458 g/mol. The first-order valence-corrected chi connectivity index (χ1v) is 13.4. The van der Waals surface area contributed by atoms with Crippen molar-refractivity contribution >= 4 is 27.8 Å². The lowest BCUT2D eigenvalue weighted by Gasteiger charge is -2.32. The van der Waals surface area contributed by atoms with Crippen molar-refractivity contribution in [3.05, 3.63) is 29.8 Å². The zero-order valence-electron chi connectivity index (χ0n) is 20.2. The summed E-state index contributed by atoms with van der Waals surface area (Å²) in [5.41, 5.74) is 0.309. The first-order valence-electron chi connectivity index (χ1n) is 12.0. The van der Waals surface area contributed by atoms with E-state index < -0.39 is 10.0 Å². The number of benzene rings is 1. The molecule has 0 saturated carbocycles.